The van der Waals surface area contributed by atoms with Gasteiger partial charge in [-0.3, -0.25) is 0 Å². The van der Waals surface area contributed by atoms with Crippen molar-refractivity contribution in [1.29, 1.82) is 0 Å². The van der Waals surface area contributed by atoms with Gasteiger partial charge < -0.3 is 5.32 Å². The minimum absolute atomic E-state index is 1.02. The zero-order valence-electron chi connectivity index (χ0n) is 5.66. The van der Waals surface area contributed by atoms with E-state index in [1.54, 1.807) is 0 Å². The van der Waals surface area contributed by atoms with Gasteiger partial charge in [0, 0.05) is 0 Å². The van der Waals surface area contributed by atoms with Crippen molar-refractivity contribution in [3.05, 3.63) is 0 Å². The summed E-state index contributed by atoms with van der Waals surface area (Å²) < 4.78 is 0. The lowest BCUT2D eigenvalue weighted by atomic mass is 10.5. The molecule has 0 aliphatic rings. The van der Waals surface area contributed by atoms with E-state index in [1.165, 1.54) is 0 Å². The molecule has 0 atom stereocenters. The molecule has 9 heavy (non-hydrogen) atoms. The number of halogens is 2. The van der Waals surface area contributed by atoms with Crippen molar-refractivity contribution in [3.8, 4) is 0 Å². The molecule has 1 nitrogen and oxygen atoms in total. The van der Waals surface area contributed by atoms with Crippen LogP contribution in [-0.2, 0) is 0 Å². The number of rotatable bonds is 5. The van der Waals surface area contributed by atoms with Crippen LogP contribution >= 0.6 is 22.2 Å². The van der Waals surface area contributed by atoms with E-state index in [-0.39, 0.29) is 0 Å². The van der Waals surface area contributed by atoms with Crippen LogP contribution in [0.1, 0.15) is 13.3 Å². The summed E-state index contributed by atoms with van der Waals surface area (Å²) in [5, 5.41) is 3.21. The van der Waals surface area contributed by atoms with Gasteiger partial charge in [-0.15, -0.1) is 0 Å². The van der Waals surface area contributed by atoms with Crippen LogP contribution in [0.3, 0.4) is 0 Å². The van der Waals surface area contributed by atoms with E-state index in [1.807, 2.05) is 0 Å². The van der Waals surface area contributed by atoms with E-state index in [2.05, 4.69) is 12.2 Å². The lowest BCUT2D eigenvalue weighted by Crippen LogP contribution is -2.14. The Morgan fingerprint density at radius 2 is 2.11 bits per heavy atom. The highest BCUT2D eigenvalue weighted by Crippen LogP contribution is 2.04. The fourth-order valence-electron chi connectivity index (χ4n) is 0.558. The molecule has 0 aliphatic heterocycles. The van der Waals surface area contributed by atoms with Gasteiger partial charge in [-0.1, -0.05) is 6.92 Å². The van der Waals surface area contributed by atoms with Crippen LogP contribution in [0.5, 0.6) is 0 Å². The quantitative estimate of drug-likeness (QED) is 0.391. The highest BCUT2D eigenvalue weighted by molar-refractivity contribution is 7.33. The lowest BCUT2D eigenvalue weighted by molar-refractivity contribution is 0.702. The molecule has 0 radical (unpaired) electrons. The molecule has 0 fully saturated rings. The second-order valence-electron chi connectivity index (χ2n) is 1.89. The Labute approximate surface area is 67.7 Å². The average Bonchev–Trinajstić information content (AvgIpc) is 1.80. The monoisotopic (exact) mass is 185 g/mol. The minimum Gasteiger partial charge on any atom is -0.317 e. The van der Waals surface area contributed by atoms with E-state index in [0.717, 1.165) is 25.6 Å². The van der Waals surface area contributed by atoms with Gasteiger partial charge in [-0.2, -0.15) is 22.2 Å². The van der Waals surface area contributed by atoms with Gasteiger partial charge in [-0.05, 0) is 25.6 Å². The smallest absolute Gasteiger partial charge is 0.237 e. The summed E-state index contributed by atoms with van der Waals surface area (Å²) in [6.07, 6.45) is 1.12. The standard InChI is InChI=1S/C5H13Cl2NSi/c1-2-8-4-3-5-9(6)7/h8-9H,2-5H2,1H3. The van der Waals surface area contributed by atoms with Crippen molar-refractivity contribution >= 4 is 29.6 Å². The van der Waals surface area contributed by atoms with Crippen LogP contribution in [0, 0.1) is 0 Å². The van der Waals surface area contributed by atoms with Gasteiger partial charge in [0.15, 0.2) is 0 Å². The minimum atomic E-state index is -1.31. The fraction of sp³-hybridized carbons (Fsp3) is 1.00. The summed E-state index contributed by atoms with van der Waals surface area (Å²) in [4.78, 5) is 0. The van der Waals surface area contributed by atoms with Crippen molar-refractivity contribution in [2.24, 2.45) is 0 Å². The normalized spacial score (nSPS) is 10.7. The first-order chi connectivity index (χ1) is 4.27. The second-order valence-corrected chi connectivity index (χ2v) is 7.08. The average molecular weight is 186 g/mol. The van der Waals surface area contributed by atoms with Crippen LogP contribution < -0.4 is 5.32 Å². The third-order valence-electron chi connectivity index (χ3n) is 1.03. The van der Waals surface area contributed by atoms with Crippen LogP contribution in [0.15, 0.2) is 0 Å². The SMILES string of the molecule is CCNCCC[SiH](Cl)Cl. The molecule has 0 unspecified atom stereocenters. The van der Waals surface area contributed by atoms with E-state index >= 15 is 0 Å². The first-order valence-electron chi connectivity index (χ1n) is 3.26. The van der Waals surface area contributed by atoms with Gasteiger partial charge in [0.2, 0.25) is 7.42 Å². The van der Waals surface area contributed by atoms with E-state index in [9.17, 15) is 0 Å². The maximum Gasteiger partial charge on any atom is 0.237 e. The summed E-state index contributed by atoms with van der Waals surface area (Å²) in [6.45, 7) is 4.19. The Morgan fingerprint density at radius 3 is 2.56 bits per heavy atom. The van der Waals surface area contributed by atoms with Crippen LogP contribution in [0.4, 0.5) is 0 Å². The van der Waals surface area contributed by atoms with E-state index < -0.39 is 7.42 Å². The molecule has 0 rings (SSSR count). The molecule has 4 heteroatoms. The highest BCUT2D eigenvalue weighted by atomic mass is 35.7. The topological polar surface area (TPSA) is 12.0 Å². The van der Waals surface area contributed by atoms with Crippen molar-refractivity contribution in [1.82, 2.24) is 5.32 Å². The number of nitrogens with one attached hydrogen (secondary N) is 1. The summed E-state index contributed by atoms with van der Waals surface area (Å²) in [7, 11) is -1.31. The summed E-state index contributed by atoms with van der Waals surface area (Å²) >= 11 is 11.3. The Hall–Kier alpha value is 0.757. The van der Waals surface area contributed by atoms with E-state index in [4.69, 9.17) is 22.2 Å². The first kappa shape index (κ1) is 9.76. The summed E-state index contributed by atoms with van der Waals surface area (Å²) in [5.74, 6) is 0. The molecule has 56 valence electrons. The number of hydrogen-bond acceptors (Lipinski definition) is 1. The molecule has 0 aromatic heterocycles. The fourth-order valence-corrected chi connectivity index (χ4v) is 2.00. The van der Waals surface area contributed by atoms with Crippen molar-refractivity contribution < 1.29 is 0 Å². The molecule has 0 aliphatic carbocycles. The zero-order chi connectivity index (χ0) is 7.11. The maximum atomic E-state index is 5.63. The van der Waals surface area contributed by atoms with Gasteiger partial charge in [0.1, 0.15) is 0 Å². The van der Waals surface area contributed by atoms with Gasteiger partial charge in [-0.25, -0.2) is 0 Å². The molecule has 1 N–H and O–H groups in total. The Morgan fingerprint density at radius 1 is 1.44 bits per heavy atom. The molecule has 0 amide bonds. The summed E-state index contributed by atoms with van der Waals surface area (Å²) in [6, 6.07) is 1.02. The molecular weight excluding hydrogens is 173 g/mol. The number of hydrogen-bond donors (Lipinski definition) is 1. The molecule has 0 saturated carbocycles. The van der Waals surface area contributed by atoms with Crippen LogP contribution in [0.25, 0.3) is 0 Å². The Balaban J connectivity index is 2.75. The molecule has 0 saturated heterocycles. The maximum absolute atomic E-state index is 5.63. The molecular formula is C5H13Cl2NSi. The predicted octanol–water partition coefficient (Wildman–Crippen LogP) is 1.68. The van der Waals surface area contributed by atoms with Crippen molar-refractivity contribution in [2.75, 3.05) is 13.1 Å². The van der Waals surface area contributed by atoms with E-state index in [0.29, 0.717) is 0 Å². The Bertz CT molecular complexity index is 60.9. The molecule has 0 spiro atoms. The molecule has 0 bridgehead atoms. The van der Waals surface area contributed by atoms with Crippen molar-refractivity contribution in [3.63, 3.8) is 0 Å². The zero-order valence-corrected chi connectivity index (χ0v) is 8.33. The summed E-state index contributed by atoms with van der Waals surface area (Å²) in [5.41, 5.74) is 0. The highest BCUT2D eigenvalue weighted by Gasteiger charge is 1.99. The molecule has 0 aromatic rings. The lowest BCUT2D eigenvalue weighted by Gasteiger charge is -1.99. The van der Waals surface area contributed by atoms with Gasteiger partial charge >= 0.3 is 0 Å². The second kappa shape index (κ2) is 6.87. The van der Waals surface area contributed by atoms with Crippen LogP contribution in [0.2, 0.25) is 6.04 Å². The predicted molar refractivity (Wildman–Crippen MR) is 46.8 cm³/mol. The largest absolute Gasteiger partial charge is 0.317 e. The van der Waals surface area contributed by atoms with Crippen molar-refractivity contribution in [2.45, 2.75) is 19.4 Å². The third-order valence-corrected chi connectivity index (χ3v) is 3.18. The van der Waals surface area contributed by atoms with Gasteiger partial charge in [0.25, 0.3) is 0 Å². The molecule has 0 aromatic carbocycles. The van der Waals surface area contributed by atoms with Gasteiger partial charge in [0.05, 0.1) is 0 Å². The third kappa shape index (κ3) is 8.76. The Kier molecular flexibility index (Phi) is 7.45. The van der Waals surface area contributed by atoms with Crippen LogP contribution in [-0.4, -0.2) is 20.5 Å². The molecule has 0 heterocycles. The first-order valence-corrected chi connectivity index (χ1v) is 7.57.